The lowest BCUT2D eigenvalue weighted by molar-refractivity contribution is -0.373. The molecule has 0 aliphatic rings. The highest BCUT2D eigenvalue weighted by molar-refractivity contribution is 4.89. The fraction of sp³-hybridized carbons (Fsp3) is 1.00. The average molecular weight is 264 g/mol. The minimum absolute atomic E-state index is 0.212. The van der Waals surface area contributed by atoms with Gasteiger partial charge >= 0.3 is 24.4 Å². The minimum atomic E-state index is -6.11. The summed E-state index contributed by atoms with van der Waals surface area (Å²) < 4.78 is 110. The Kier molecular flexibility index (Phi) is 4.12. The first-order chi connectivity index (χ1) is 6.82. The van der Waals surface area contributed by atoms with Gasteiger partial charge in [0.05, 0.1) is 0 Å². The number of hydrogen-bond donors (Lipinski definition) is 0. The van der Waals surface area contributed by atoms with E-state index in [2.05, 4.69) is 4.74 Å². The second-order valence-corrected chi connectivity index (χ2v) is 2.79. The maximum atomic E-state index is 12.3. The Hall–Kier alpha value is -0.670. The predicted molar refractivity (Wildman–Crippen MR) is 32.5 cm³/mol. The molecule has 0 aromatic heterocycles. The summed E-state index contributed by atoms with van der Waals surface area (Å²) in [6.45, 7) is -0.212. The first-order valence-electron chi connectivity index (χ1n) is 3.56. The molecule has 0 aliphatic carbocycles. The van der Waals surface area contributed by atoms with Crippen molar-refractivity contribution in [2.75, 3.05) is 0 Å². The molecular formula is C6H5F9O. The van der Waals surface area contributed by atoms with Crippen molar-refractivity contribution in [1.82, 2.24) is 0 Å². The third-order valence-electron chi connectivity index (χ3n) is 1.31. The summed E-state index contributed by atoms with van der Waals surface area (Å²) in [6.07, 6.45) is -14.0. The van der Waals surface area contributed by atoms with Gasteiger partial charge in [-0.3, -0.25) is 4.74 Å². The second-order valence-electron chi connectivity index (χ2n) is 2.79. The lowest BCUT2D eigenvalue weighted by Gasteiger charge is -2.29. The molecule has 0 aliphatic heterocycles. The van der Waals surface area contributed by atoms with Gasteiger partial charge in [0.2, 0.25) is 0 Å². The van der Waals surface area contributed by atoms with E-state index in [1.807, 2.05) is 0 Å². The van der Waals surface area contributed by atoms with Crippen LogP contribution < -0.4 is 0 Å². The summed E-state index contributed by atoms with van der Waals surface area (Å²) >= 11 is 0. The molecule has 0 spiro atoms. The largest absolute Gasteiger partial charge is 0.374 e. The van der Waals surface area contributed by atoms with Crippen LogP contribution in [0.3, 0.4) is 0 Å². The van der Waals surface area contributed by atoms with Gasteiger partial charge in [-0.25, -0.2) is 13.2 Å². The molecule has 0 N–H and O–H groups in total. The monoisotopic (exact) mass is 264 g/mol. The van der Waals surface area contributed by atoms with E-state index in [4.69, 9.17) is 0 Å². The molecule has 0 saturated carbocycles. The van der Waals surface area contributed by atoms with Gasteiger partial charge in [-0.1, -0.05) is 0 Å². The summed E-state index contributed by atoms with van der Waals surface area (Å²) in [7, 11) is 0. The van der Waals surface area contributed by atoms with Gasteiger partial charge in [-0.2, -0.15) is 26.3 Å². The van der Waals surface area contributed by atoms with Crippen LogP contribution in [0.2, 0.25) is 0 Å². The Morgan fingerprint density at radius 2 is 1.19 bits per heavy atom. The lowest BCUT2D eigenvalue weighted by Crippen LogP contribution is -2.54. The summed E-state index contributed by atoms with van der Waals surface area (Å²) in [5.41, 5.74) is 0. The summed E-state index contributed by atoms with van der Waals surface area (Å²) in [4.78, 5) is 0. The maximum Gasteiger partial charge on any atom is 0.374 e. The van der Waals surface area contributed by atoms with Gasteiger partial charge in [-0.15, -0.1) is 0 Å². The zero-order valence-electron chi connectivity index (χ0n) is 7.46. The molecule has 1 unspecified atom stereocenters. The molecular weight excluding hydrogens is 259 g/mol. The number of alkyl halides is 9. The van der Waals surface area contributed by atoms with Gasteiger partial charge in [0.15, 0.2) is 0 Å². The van der Waals surface area contributed by atoms with Crippen LogP contribution in [-0.4, -0.2) is 30.7 Å². The smallest absolute Gasteiger partial charge is 0.279 e. The van der Waals surface area contributed by atoms with Gasteiger partial charge < -0.3 is 0 Å². The summed E-state index contributed by atoms with van der Waals surface area (Å²) in [5.74, 6) is -12.2. The molecule has 1 nitrogen and oxygen atoms in total. The van der Waals surface area contributed by atoms with Crippen LogP contribution in [0.4, 0.5) is 39.5 Å². The fourth-order valence-corrected chi connectivity index (χ4v) is 0.552. The van der Waals surface area contributed by atoms with E-state index in [0.717, 1.165) is 0 Å². The molecule has 0 heterocycles. The molecule has 0 rings (SSSR count). The Labute approximate surface area is 83.2 Å². The molecule has 0 fully saturated rings. The van der Waals surface area contributed by atoms with Gasteiger partial charge in [-0.05, 0) is 0 Å². The third-order valence-corrected chi connectivity index (χ3v) is 1.31. The van der Waals surface area contributed by atoms with Crippen molar-refractivity contribution < 1.29 is 44.3 Å². The van der Waals surface area contributed by atoms with Crippen molar-refractivity contribution in [3.63, 3.8) is 0 Å². The average Bonchev–Trinajstić information content (AvgIpc) is 1.99. The quantitative estimate of drug-likeness (QED) is 0.691. The van der Waals surface area contributed by atoms with Crippen molar-refractivity contribution in [2.45, 2.75) is 37.7 Å². The van der Waals surface area contributed by atoms with Crippen LogP contribution in [0.15, 0.2) is 0 Å². The number of hydrogen-bond acceptors (Lipinski definition) is 1. The number of halogens is 9. The summed E-state index contributed by atoms with van der Waals surface area (Å²) in [5, 5.41) is 0. The van der Waals surface area contributed by atoms with E-state index in [1.54, 1.807) is 0 Å². The van der Waals surface area contributed by atoms with Crippen LogP contribution in [0.5, 0.6) is 0 Å². The van der Waals surface area contributed by atoms with E-state index in [9.17, 15) is 39.5 Å². The van der Waals surface area contributed by atoms with Crippen LogP contribution in [0, 0.1) is 0 Å². The van der Waals surface area contributed by atoms with Crippen molar-refractivity contribution in [2.24, 2.45) is 0 Å². The number of rotatable bonds is 5. The van der Waals surface area contributed by atoms with E-state index < -0.39 is 30.7 Å². The maximum absolute atomic E-state index is 12.3. The third kappa shape index (κ3) is 3.16. The molecule has 0 aromatic carbocycles. The molecule has 0 amide bonds. The Morgan fingerprint density at radius 3 is 1.44 bits per heavy atom. The Balaban J connectivity index is 4.91. The highest BCUT2D eigenvalue weighted by Gasteiger charge is 2.69. The second kappa shape index (κ2) is 4.30. The molecule has 0 bridgehead atoms. The zero-order valence-corrected chi connectivity index (χ0v) is 7.46. The highest BCUT2D eigenvalue weighted by Crippen LogP contribution is 2.43. The zero-order chi connectivity index (χ0) is 13.4. The Morgan fingerprint density at radius 1 is 0.812 bits per heavy atom. The molecule has 0 saturated heterocycles. The Bertz CT molecular complexity index is 233. The molecule has 16 heavy (non-hydrogen) atoms. The van der Waals surface area contributed by atoms with Crippen LogP contribution in [0.1, 0.15) is 6.92 Å². The van der Waals surface area contributed by atoms with E-state index in [-0.39, 0.29) is 6.92 Å². The fourth-order valence-electron chi connectivity index (χ4n) is 0.552. The van der Waals surface area contributed by atoms with Crippen LogP contribution in [-0.2, 0) is 4.74 Å². The number of ether oxygens (including phenoxy) is 1. The topological polar surface area (TPSA) is 9.23 Å². The first-order valence-corrected chi connectivity index (χ1v) is 3.56. The van der Waals surface area contributed by atoms with E-state index >= 15 is 0 Å². The van der Waals surface area contributed by atoms with Crippen LogP contribution in [0.25, 0.3) is 0 Å². The molecule has 0 radical (unpaired) electrons. The molecule has 10 heteroatoms. The summed E-state index contributed by atoms with van der Waals surface area (Å²) in [6, 6.07) is 0. The normalized spacial score (nSPS) is 16.7. The van der Waals surface area contributed by atoms with Crippen molar-refractivity contribution in [3.05, 3.63) is 0 Å². The standard InChI is InChI=1S/C6H5F9O/c1-4(10,11)16-3(9)6(14,15)5(12,13)2(7)8/h2-3H,1H3. The first kappa shape index (κ1) is 15.3. The molecule has 98 valence electrons. The SMILES string of the molecule is CC(F)(F)OC(F)C(F)(F)C(F)(F)C(F)F. The predicted octanol–water partition coefficient (Wildman–Crippen LogP) is 3.45. The van der Waals surface area contributed by atoms with Gasteiger partial charge in [0.25, 0.3) is 6.36 Å². The van der Waals surface area contributed by atoms with Crippen molar-refractivity contribution in [1.29, 1.82) is 0 Å². The van der Waals surface area contributed by atoms with Gasteiger partial charge in [0, 0.05) is 6.92 Å². The lowest BCUT2D eigenvalue weighted by atomic mass is 10.2. The van der Waals surface area contributed by atoms with E-state index in [1.165, 1.54) is 0 Å². The molecule has 0 aromatic rings. The van der Waals surface area contributed by atoms with E-state index in [0.29, 0.717) is 0 Å². The van der Waals surface area contributed by atoms with Gasteiger partial charge in [0.1, 0.15) is 0 Å². The van der Waals surface area contributed by atoms with Crippen molar-refractivity contribution in [3.8, 4) is 0 Å². The van der Waals surface area contributed by atoms with Crippen LogP contribution >= 0.6 is 0 Å². The highest BCUT2D eigenvalue weighted by atomic mass is 19.3. The minimum Gasteiger partial charge on any atom is -0.279 e. The molecule has 1 atom stereocenters. The van der Waals surface area contributed by atoms with Crippen molar-refractivity contribution >= 4 is 0 Å².